The fourth-order valence-corrected chi connectivity index (χ4v) is 2.62. The largest absolute Gasteiger partial charge is 0.482 e. The van der Waals surface area contributed by atoms with E-state index in [-0.39, 0.29) is 6.61 Å². The molecule has 0 aliphatic rings. The Kier molecular flexibility index (Phi) is 4.66. The Morgan fingerprint density at radius 1 is 1.09 bits per heavy atom. The van der Waals surface area contributed by atoms with Crippen molar-refractivity contribution in [1.82, 2.24) is 10.1 Å². The molecule has 0 amide bonds. The van der Waals surface area contributed by atoms with Gasteiger partial charge in [0, 0.05) is 15.1 Å². The monoisotopic (exact) mass is 398 g/mol. The third-order valence-corrected chi connectivity index (χ3v) is 3.86. The molecule has 0 spiro atoms. The Labute approximate surface area is 145 Å². The van der Waals surface area contributed by atoms with Crippen LogP contribution >= 0.6 is 39.1 Å². The molecule has 3 aromatic rings. The average molecular weight is 400 g/mol. The summed E-state index contributed by atoms with van der Waals surface area (Å²) >= 11 is 15.3. The van der Waals surface area contributed by atoms with E-state index in [0.717, 1.165) is 10.0 Å². The normalized spacial score (nSPS) is 10.7. The van der Waals surface area contributed by atoms with E-state index in [4.69, 9.17) is 32.5 Å². The van der Waals surface area contributed by atoms with Gasteiger partial charge in [0.2, 0.25) is 5.82 Å². The van der Waals surface area contributed by atoms with Gasteiger partial charge < -0.3 is 9.26 Å². The minimum absolute atomic E-state index is 0.141. The molecule has 3 rings (SSSR count). The SMILES string of the molecule is Clc1ccc(-c2noc(COc3ccc(Br)cc3Cl)n2)cc1. The van der Waals surface area contributed by atoms with Gasteiger partial charge >= 0.3 is 0 Å². The lowest BCUT2D eigenvalue weighted by molar-refractivity contribution is 0.243. The first kappa shape index (κ1) is 15.3. The first-order valence-electron chi connectivity index (χ1n) is 6.28. The molecule has 7 heteroatoms. The van der Waals surface area contributed by atoms with Crippen LogP contribution < -0.4 is 4.74 Å². The summed E-state index contributed by atoms with van der Waals surface area (Å²) in [7, 11) is 0. The molecule has 4 nitrogen and oxygen atoms in total. The number of benzene rings is 2. The van der Waals surface area contributed by atoms with Crippen molar-refractivity contribution >= 4 is 39.1 Å². The maximum atomic E-state index is 6.08. The molecule has 0 fully saturated rings. The van der Waals surface area contributed by atoms with Crippen molar-refractivity contribution in [2.75, 3.05) is 0 Å². The predicted molar refractivity (Wildman–Crippen MR) is 88.2 cm³/mol. The molecular formula is C15H9BrCl2N2O2. The van der Waals surface area contributed by atoms with Gasteiger partial charge in [-0.2, -0.15) is 4.98 Å². The molecule has 0 aliphatic carbocycles. The van der Waals surface area contributed by atoms with E-state index in [9.17, 15) is 0 Å². The summed E-state index contributed by atoms with van der Waals surface area (Å²) in [6.45, 7) is 0.141. The van der Waals surface area contributed by atoms with Gasteiger partial charge in [0.05, 0.1) is 5.02 Å². The van der Waals surface area contributed by atoms with Crippen LogP contribution in [0.1, 0.15) is 5.89 Å². The van der Waals surface area contributed by atoms with Crippen LogP contribution in [0, 0.1) is 0 Å². The van der Waals surface area contributed by atoms with E-state index in [1.54, 1.807) is 24.3 Å². The van der Waals surface area contributed by atoms with Crippen molar-refractivity contribution in [3.8, 4) is 17.1 Å². The molecule has 0 aliphatic heterocycles. The molecule has 0 bridgehead atoms. The van der Waals surface area contributed by atoms with Crippen molar-refractivity contribution in [1.29, 1.82) is 0 Å². The Bertz CT molecular complexity index is 790. The molecular weight excluding hydrogens is 391 g/mol. The first-order valence-corrected chi connectivity index (χ1v) is 7.83. The lowest BCUT2D eigenvalue weighted by Gasteiger charge is -2.05. The topological polar surface area (TPSA) is 48.2 Å². The molecule has 0 radical (unpaired) electrons. The van der Waals surface area contributed by atoms with Crippen molar-refractivity contribution in [2.24, 2.45) is 0 Å². The van der Waals surface area contributed by atoms with E-state index >= 15 is 0 Å². The van der Waals surface area contributed by atoms with Crippen LogP contribution in [-0.4, -0.2) is 10.1 Å². The van der Waals surface area contributed by atoms with Crippen molar-refractivity contribution in [2.45, 2.75) is 6.61 Å². The highest BCUT2D eigenvalue weighted by atomic mass is 79.9. The van der Waals surface area contributed by atoms with E-state index in [2.05, 4.69) is 26.1 Å². The summed E-state index contributed by atoms with van der Waals surface area (Å²) in [6.07, 6.45) is 0. The molecule has 22 heavy (non-hydrogen) atoms. The zero-order valence-corrected chi connectivity index (χ0v) is 14.2. The van der Waals surface area contributed by atoms with Crippen LogP contribution in [0.4, 0.5) is 0 Å². The molecule has 0 atom stereocenters. The third-order valence-electron chi connectivity index (χ3n) is 2.82. The smallest absolute Gasteiger partial charge is 0.264 e. The van der Waals surface area contributed by atoms with Crippen LogP contribution in [0.2, 0.25) is 10.0 Å². The summed E-state index contributed by atoms with van der Waals surface area (Å²) in [6, 6.07) is 12.5. The molecule has 2 aromatic carbocycles. The highest BCUT2D eigenvalue weighted by Crippen LogP contribution is 2.28. The zero-order valence-electron chi connectivity index (χ0n) is 11.1. The molecule has 0 saturated carbocycles. The number of nitrogens with zero attached hydrogens (tertiary/aromatic N) is 2. The summed E-state index contributed by atoms with van der Waals surface area (Å²) in [5.74, 6) is 1.40. The number of hydrogen-bond acceptors (Lipinski definition) is 4. The van der Waals surface area contributed by atoms with E-state index < -0.39 is 0 Å². The van der Waals surface area contributed by atoms with Crippen LogP contribution in [0.15, 0.2) is 51.5 Å². The Balaban J connectivity index is 1.70. The van der Waals surface area contributed by atoms with Gasteiger partial charge in [0.15, 0.2) is 6.61 Å². The number of hydrogen-bond donors (Lipinski definition) is 0. The minimum Gasteiger partial charge on any atom is -0.482 e. The zero-order chi connectivity index (χ0) is 15.5. The van der Waals surface area contributed by atoms with Gasteiger partial charge in [-0.05, 0) is 42.5 Å². The van der Waals surface area contributed by atoms with Crippen LogP contribution in [0.5, 0.6) is 5.75 Å². The molecule has 1 heterocycles. The second kappa shape index (κ2) is 6.69. The van der Waals surface area contributed by atoms with Crippen molar-refractivity contribution in [3.63, 3.8) is 0 Å². The standard InChI is InChI=1S/C15H9BrCl2N2O2/c16-10-3-6-13(12(18)7-10)21-8-14-19-15(20-22-14)9-1-4-11(17)5-2-9/h1-7H,8H2. The van der Waals surface area contributed by atoms with E-state index in [1.165, 1.54) is 0 Å². The van der Waals surface area contributed by atoms with Crippen LogP contribution in [-0.2, 0) is 6.61 Å². The van der Waals surface area contributed by atoms with Crippen LogP contribution in [0.25, 0.3) is 11.4 Å². The molecule has 1 aromatic heterocycles. The first-order chi connectivity index (χ1) is 10.6. The van der Waals surface area contributed by atoms with Crippen molar-refractivity contribution < 1.29 is 9.26 Å². The molecule has 112 valence electrons. The van der Waals surface area contributed by atoms with Gasteiger partial charge in [0.25, 0.3) is 5.89 Å². The number of rotatable bonds is 4. The summed E-state index contributed by atoms with van der Waals surface area (Å²) in [5, 5.41) is 5.07. The maximum Gasteiger partial charge on any atom is 0.264 e. The maximum absolute atomic E-state index is 6.08. The fourth-order valence-electron chi connectivity index (χ4n) is 1.76. The summed E-state index contributed by atoms with van der Waals surface area (Å²) in [5.41, 5.74) is 0.820. The molecule has 0 saturated heterocycles. The van der Waals surface area contributed by atoms with Crippen LogP contribution in [0.3, 0.4) is 0 Å². The minimum atomic E-state index is 0.141. The Morgan fingerprint density at radius 3 is 2.59 bits per heavy atom. The number of halogens is 3. The lowest BCUT2D eigenvalue weighted by atomic mass is 10.2. The summed E-state index contributed by atoms with van der Waals surface area (Å²) in [4.78, 5) is 4.27. The summed E-state index contributed by atoms with van der Waals surface area (Å²) < 4.78 is 11.6. The lowest BCUT2D eigenvalue weighted by Crippen LogP contribution is -1.96. The van der Waals surface area contributed by atoms with Crippen molar-refractivity contribution in [3.05, 3.63) is 62.9 Å². The van der Waals surface area contributed by atoms with Gasteiger partial charge in [-0.25, -0.2) is 0 Å². The predicted octanol–water partition coefficient (Wildman–Crippen LogP) is 5.38. The quantitative estimate of drug-likeness (QED) is 0.590. The number of aromatic nitrogens is 2. The number of ether oxygens (including phenoxy) is 1. The van der Waals surface area contributed by atoms with Gasteiger partial charge in [-0.15, -0.1) is 0 Å². The molecule has 0 N–H and O–H groups in total. The van der Waals surface area contributed by atoms with Gasteiger partial charge in [0.1, 0.15) is 5.75 Å². The molecule has 0 unspecified atom stereocenters. The Morgan fingerprint density at radius 2 is 1.86 bits per heavy atom. The average Bonchev–Trinajstić information content (AvgIpc) is 2.96. The second-order valence-electron chi connectivity index (χ2n) is 4.38. The van der Waals surface area contributed by atoms with Gasteiger partial charge in [-0.3, -0.25) is 0 Å². The third kappa shape index (κ3) is 3.61. The highest BCUT2D eigenvalue weighted by Gasteiger charge is 2.10. The second-order valence-corrected chi connectivity index (χ2v) is 6.14. The Hall–Kier alpha value is -1.56. The highest BCUT2D eigenvalue weighted by molar-refractivity contribution is 9.10. The fraction of sp³-hybridized carbons (Fsp3) is 0.0667. The van der Waals surface area contributed by atoms with E-state index in [1.807, 2.05) is 18.2 Å². The van der Waals surface area contributed by atoms with E-state index in [0.29, 0.717) is 27.5 Å². The van der Waals surface area contributed by atoms with Gasteiger partial charge in [-0.1, -0.05) is 44.3 Å².